The van der Waals surface area contributed by atoms with Crippen molar-refractivity contribution in [3.63, 3.8) is 0 Å². The van der Waals surface area contributed by atoms with E-state index in [1.54, 1.807) is 0 Å². The molecule has 9 nitrogen and oxygen atoms in total. The van der Waals surface area contributed by atoms with Crippen LogP contribution in [0.25, 0.3) is 22.0 Å². The number of fused-ring (bicyclic) bond motifs is 1. The molecule has 0 amide bonds. The number of benzene rings is 2. The highest BCUT2D eigenvalue weighted by atomic mass is 32.3. The lowest BCUT2D eigenvalue weighted by Gasteiger charge is -2.20. The standard InChI is InChI=1S/C23H23N5O4S2/c1-16(17-7-5-4-6-8-17)27-23-21-12-18(9-10-22(21)25-15-26-23)19-11-20(14-24-13-19)28(33(2,29)30)34(3,31)32/h4-16H,1-3H3,(H,25,26,27). The van der Waals surface area contributed by atoms with Crippen LogP contribution in [0.4, 0.5) is 11.5 Å². The molecule has 0 aliphatic rings. The first-order valence-corrected chi connectivity index (χ1v) is 14.0. The average molecular weight is 498 g/mol. The number of nitrogens with zero attached hydrogens (tertiary/aromatic N) is 4. The minimum Gasteiger partial charge on any atom is -0.363 e. The summed E-state index contributed by atoms with van der Waals surface area (Å²) in [7, 11) is -8.16. The Morgan fingerprint density at radius 1 is 0.853 bits per heavy atom. The van der Waals surface area contributed by atoms with Crippen LogP contribution in [0.3, 0.4) is 0 Å². The molecule has 176 valence electrons. The van der Waals surface area contributed by atoms with E-state index in [0.29, 0.717) is 20.7 Å². The van der Waals surface area contributed by atoms with Crippen LogP contribution < -0.4 is 9.03 Å². The number of pyridine rings is 1. The van der Waals surface area contributed by atoms with E-state index in [4.69, 9.17) is 0 Å². The minimum atomic E-state index is -4.08. The number of nitrogens with one attached hydrogen (secondary N) is 1. The van der Waals surface area contributed by atoms with Crippen LogP contribution in [0.2, 0.25) is 0 Å². The highest BCUT2D eigenvalue weighted by Crippen LogP contribution is 2.31. The molecule has 0 saturated heterocycles. The Morgan fingerprint density at radius 2 is 1.56 bits per heavy atom. The van der Waals surface area contributed by atoms with Crippen LogP contribution in [-0.2, 0) is 20.0 Å². The molecular weight excluding hydrogens is 474 g/mol. The van der Waals surface area contributed by atoms with Gasteiger partial charge in [-0.3, -0.25) is 4.98 Å². The summed E-state index contributed by atoms with van der Waals surface area (Å²) in [6.07, 6.45) is 5.89. The van der Waals surface area contributed by atoms with Gasteiger partial charge in [0.15, 0.2) is 0 Å². The molecule has 2 heterocycles. The first-order chi connectivity index (χ1) is 16.0. The molecule has 0 saturated carbocycles. The topological polar surface area (TPSA) is 122 Å². The summed E-state index contributed by atoms with van der Waals surface area (Å²) < 4.78 is 49.0. The van der Waals surface area contributed by atoms with Crippen molar-refractivity contribution in [2.24, 2.45) is 0 Å². The van der Waals surface area contributed by atoms with Gasteiger partial charge in [-0.25, -0.2) is 26.8 Å². The molecule has 11 heteroatoms. The fraction of sp³-hybridized carbons (Fsp3) is 0.174. The third-order valence-electron chi connectivity index (χ3n) is 5.16. The second-order valence-electron chi connectivity index (χ2n) is 7.89. The number of hydrogen-bond acceptors (Lipinski definition) is 8. The lowest BCUT2D eigenvalue weighted by atomic mass is 10.0. The van der Waals surface area contributed by atoms with Gasteiger partial charge in [0, 0.05) is 23.2 Å². The van der Waals surface area contributed by atoms with Crippen molar-refractivity contribution in [1.29, 1.82) is 0 Å². The molecule has 0 aliphatic heterocycles. The van der Waals surface area contributed by atoms with Crippen molar-refractivity contribution in [3.8, 4) is 11.1 Å². The highest BCUT2D eigenvalue weighted by Gasteiger charge is 2.27. The number of sulfonamides is 2. The van der Waals surface area contributed by atoms with Crippen molar-refractivity contribution in [3.05, 3.63) is 78.9 Å². The van der Waals surface area contributed by atoms with E-state index in [2.05, 4.69) is 20.3 Å². The van der Waals surface area contributed by atoms with E-state index in [-0.39, 0.29) is 11.7 Å². The molecule has 0 spiro atoms. The molecule has 2 aromatic carbocycles. The lowest BCUT2D eigenvalue weighted by molar-refractivity contribution is 0.590. The van der Waals surface area contributed by atoms with E-state index < -0.39 is 20.0 Å². The molecule has 34 heavy (non-hydrogen) atoms. The SMILES string of the molecule is CC(Nc1ncnc2ccc(-c3cncc(N(S(C)(=O)=O)S(C)(=O)=O)c3)cc12)c1ccccc1. The van der Waals surface area contributed by atoms with E-state index in [9.17, 15) is 16.8 Å². The maximum atomic E-state index is 12.2. The molecular formula is C23H23N5O4S2. The number of anilines is 2. The fourth-order valence-electron chi connectivity index (χ4n) is 3.70. The number of aromatic nitrogens is 3. The van der Waals surface area contributed by atoms with Crippen LogP contribution in [-0.4, -0.2) is 44.3 Å². The summed E-state index contributed by atoms with van der Waals surface area (Å²) in [5.74, 6) is 0.640. The van der Waals surface area contributed by atoms with Crippen molar-refractivity contribution in [2.45, 2.75) is 13.0 Å². The Morgan fingerprint density at radius 3 is 2.24 bits per heavy atom. The van der Waals surface area contributed by atoms with Crippen molar-refractivity contribution < 1.29 is 16.8 Å². The van der Waals surface area contributed by atoms with Crippen LogP contribution in [0.15, 0.2) is 73.3 Å². The molecule has 1 unspecified atom stereocenters. The third-order valence-corrected chi connectivity index (χ3v) is 8.41. The largest absolute Gasteiger partial charge is 0.363 e. The Labute approximate surface area is 198 Å². The van der Waals surface area contributed by atoms with Crippen LogP contribution in [0, 0.1) is 0 Å². The van der Waals surface area contributed by atoms with E-state index in [1.165, 1.54) is 24.8 Å². The zero-order chi connectivity index (χ0) is 24.5. The Balaban J connectivity index is 1.77. The molecule has 0 aliphatic carbocycles. The predicted molar refractivity (Wildman–Crippen MR) is 133 cm³/mol. The van der Waals surface area contributed by atoms with Gasteiger partial charge in [0.2, 0.25) is 20.0 Å². The number of rotatable bonds is 7. The first-order valence-electron chi connectivity index (χ1n) is 10.3. The zero-order valence-electron chi connectivity index (χ0n) is 18.7. The van der Waals surface area contributed by atoms with Crippen molar-refractivity contribution in [2.75, 3.05) is 21.5 Å². The van der Waals surface area contributed by atoms with Gasteiger partial charge in [-0.05, 0) is 36.2 Å². The Kier molecular flexibility index (Phi) is 6.24. The van der Waals surface area contributed by atoms with Gasteiger partial charge in [0.1, 0.15) is 12.1 Å². The van der Waals surface area contributed by atoms with Crippen LogP contribution in [0.1, 0.15) is 18.5 Å². The summed E-state index contributed by atoms with van der Waals surface area (Å²) in [5, 5.41) is 4.18. The van der Waals surface area contributed by atoms with Gasteiger partial charge in [-0.15, -0.1) is 0 Å². The maximum Gasteiger partial charge on any atom is 0.245 e. The second-order valence-corrected chi connectivity index (χ2v) is 11.8. The fourth-order valence-corrected chi connectivity index (χ4v) is 6.63. The van der Waals surface area contributed by atoms with Gasteiger partial charge in [0.05, 0.1) is 29.9 Å². The lowest BCUT2D eigenvalue weighted by Crippen LogP contribution is -2.35. The Hall–Kier alpha value is -3.57. The van der Waals surface area contributed by atoms with Gasteiger partial charge >= 0.3 is 0 Å². The molecule has 1 N–H and O–H groups in total. The summed E-state index contributed by atoms with van der Waals surface area (Å²) in [6.45, 7) is 2.03. The third kappa shape index (κ3) is 5.00. The van der Waals surface area contributed by atoms with Gasteiger partial charge in [-0.1, -0.05) is 36.4 Å². The van der Waals surface area contributed by atoms with Gasteiger partial charge in [-0.2, -0.15) is 3.71 Å². The minimum absolute atomic E-state index is 0.00831. The molecule has 2 aromatic heterocycles. The smallest absolute Gasteiger partial charge is 0.245 e. The molecule has 4 aromatic rings. The van der Waals surface area contributed by atoms with E-state index in [0.717, 1.165) is 29.0 Å². The molecule has 0 radical (unpaired) electrons. The van der Waals surface area contributed by atoms with Crippen molar-refractivity contribution in [1.82, 2.24) is 15.0 Å². The predicted octanol–water partition coefficient (Wildman–Crippen LogP) is 3.59. The second kappa shape index (κ2) is 8.99. The van der Waals surface area contributed by atoms with Crippen LogP contribution in [0.5, 0.6) is 0 Å². The van der Waals surface area contributed by atoms with E-state index in [1.807, 2.05) is 55.5 Å². The first kappa shape index (κ1) is 23.6. The summed E-state index contributed by atoms with van der Waals surface area (Å²) in [6, 6.07) is 16.9. The quantitative estimate of drug-likeness (QED) is 0.411. The molecule has 0 fully saturated rings. The van der Waals surface area contributed by atoms with Gasteiger partial charge in [0.25, 0.3) is 0 Å². The Bertz CT molecular complexity index is 1530. The molecule has 1 atom stereocenters. The normalized spacial score (nSPS) is 12.9. The summed E-state index contributed by atoms with van der Waals surface area (Å²) >= 11 is 0. The van der Waals surface area contributed by atoms with Crippen molar-refractivity contribution >= 4 is 42.5 Å². The van der Waals surface area contributed by atoms with Gasteiger partial charge < -0.3 is 5.32 Å². The maximum absolute atomic E-state index is 12.2. The molecule has 0 bridgehead atoms. The highest BCUT2D eigenvalue weighted by molar-refractivity contribution is 8.09. The van der Waals surface area contributed by atoms with E-state index >= 15 is 0 Å². The monoisotopic (exact) mass is 497 g/mol. The summed E-state index contributed by atoms with van der Waals surface area (Å²) in [4.78, 5) is 12.8. The van der Waals surface area contributed by atoms with Crippen LogP contribution >= 0.6 is 0 Å². The summed E-state index contributed by atoms with van der Waals surface area (Å²) in [5.41, 5.74) is 3.00. The average Bonchev–Trinajstić information content (AvgIpc) is 2.78. The number of hydrogen-bond donors (Lipinski definition) is 1. The zero-order valence-corrected chi connectivity index (χ0v) is 20.4. The molecule has 4 rings (SSSR count).